The highest BCUT2D eigenvalue weighted by atomic mass is 16.6. The minimum absolute atomic E-state index is 0.134. The summed E-state index contributed by atoms with van der Waals surface area (Å²) in [5.74, 6) is 0.134. The lowest BCUT2D eigenvalue weighted by molar-refractivity contribution is -0.275. The summed E-state index contributed by atoms with van der Waals surface area (Å²) >= 11 is 0. The summed E-state index contributed by atoms with van der Waals surface area (Å²) in [4.78, 5) is 0. The summed E-state index contributed by atoms with van der Waals surface area (Å²) in [6, 6.07) is 47.5. The zero-order chi connectivity index (χ0) is 31.4. The largest absolute Gasteiger partial charge is 0.508 e. The smallest absolute Gasteiger partial charge is 0.121 e. The normalized spacial score (nSPS) is 21.2. The molecule has 1 N–H and O–H groups in total. The maximum absolute atomic E-state index is 11.1. The van der Waals surface area contributed by atoms with Gasteiger partial charge in [-0.25, -0.2) is 0 Å². The molecule has 6 heteroatoms. The molecular weight excluding hydrogens is 576 g/mol. The number of benzene rings is 5. The van der Waals surface area contributed by atoms with Crippen molar-refractivity contribution in [2.45, 2.75) is 56.9 Å². The van der Waals surface area contributed by atoms with Crippen molar-refractivity contribution in [1.82, 2.24) is 0 Å². The van der Waals surface area contributed by atoms with Gasteiger partial charge in [0, 0.05) is 5.56 Å². The first-order chi connectivity index (χ1) is 22.7. The van der Waals surface area contributed by atoms with Crippen molar-refractivity contribution in [3.63, 3.8) is 0 Å². The van der Waals surface area contributed by atoms with Gasteiger partial charge in [-0.2, -0.15) is 0 Å². The van der Waals surface area contributed by atoms with Crippen LogP contribution in [0.5, 0.6) is 5.75 Å². The van der Waals surface area contributed by atoms with Gasteiger partial charge in [-0.15, -0.1) is 0 Å². The number of aromatic hydroxyl groups is 1. The van der Waals surface area contributed by atoms with Gasteiger partial charge in [0.05, 0.1) is 33.0 Å². The Balaban J connectivity index is 1.34. The standard InChI is InChI=1S/C40H40O6/c41-35-24-14-13-23-34(35)37-39(44-27-32-19-9-3-10-20-32)40(45-28-33-21-11-4-12-22-33)38(43-26-31-17-7-2-8-18-31)36(46-37)29-42-25-30-15-5-1-6-16-30/h1-24,36-41H,25-29H2/t36?,37-,38+,39?,40?/m0/s1. The zero-order valence-corrected chi connectivity index (χ0v) is 25.8. The number of ether oxygens (including phenoxy) is 5. The second-order valence-electron chi connectivity index (χ2n) is 11.4. The monoisotopic (exact) mass is 616 g/mol. The van der Waals surface area contributed by atoms with Crippen LogP contribution in [0.3, 0.4) is 0 Å². The molecular formula is C40H40O6. The minimum Gasteiger partial charge on any atom is -0.508 e. The topological polar surface area (TPSA) is 66.4 Å². The zero-order valence-electron chi connectivity index (χ0n) is 25.8. The quantitative estimate of drug-likeness (QED) is 0.137. The summed E-state index contributed by atoms with van der Waals surface area (Å²) in [6.45, 7) is 1.74. The van der Waals surface area contributed by atoms with Gasteiger partial charge in [-0.3, -0.25) is 0 Å². The van der Waals surface area contributed by atoms with E-state index in [1.165, 1.54) is 0 Å². The molecule has 5 aromatic rings. The molecule has 1 aliphatic heterocycles. The van der Waals surface area contributed by atoms with Crippen LogP contribution in [0.1, 0.15) is 33.9 Å². The summed E-state index contributed by atoms with van der Waals surface area (Å²) in [5.41, 5.74) is 4.79. The van der Waals surface area contributed by atoms with Crippen LogP contribution in [0.25, 0.3) is 0 Å². The molecule has 5 atom stereocenters. The van der Waals surface area contributed by atoms with Crippen LogP contribution < -0.4 is 0 Å². The van der Waals surface area contributed by atoms with Crippen LogP contribution in [-0.2, 0) is 50.1 Å². The lowest BCUT2D eigenvalue weighted by atomic mass is 9.90. The number of hydrogen-bond acceptors (Lipinski definition) is 6. The van der Waals surface area contributed by atoms with Crippen molar-refractivity contribution >= 4 is 0 Å². The number of hydrogen-bond donors (Lipinski definition) is 1. The van der Waals surface area contributed by atoms with Crippen molar-refractivity contribution in [2.75, 3.05) is 6.61 Å². The van der Waals surface area contributed by atoms with Crippen LogP contribution in [-0.4, -0.2) is 36.1 Å². The van der Waals surface area contributed by atoms with Gasteiger partial charge in [-0.05, 0) is 28.3 Å². The fraction of sp³-hybridized carbons (Fsp3) is 0.250. The van der Waals surface area contributed by atoms with Gasteiger partial charge in [0.1, 0.15) is 36.3 Å². The average Bonchev–Trinajstić information content (AvgIpc) is 3.11. The van der Waals surface area contributed by atoms with Crippen LogP contribution >= 0.6 is 0 Å². The Morgan fingerprint density at radius 1 is 0.457 bits per heavy atom. The van der Waals surface area contributed by atoms with E-state index in [-0.39, 0.29) is 12.4 Å². The number of para-hydroxylation sites is 1. The van der Waals surface area contributed by atoms with Gasteiger partial charge in [-0.1, -0.05) is 140 Å². The van der Waals surface area contributed by atoms with E-state index in [0.717, 1.165) is 22.3 Å². The van der Waals surface area contributed by atoms with E-state index in [1.807, 2.05) is 133 Å². The van der Waals surface area contributed by atoms with Gasteiger partial charge in [0.2, 0.25) is 0 Å². The SMILES string of the molecule is Oc1ccccc1[C@@H]1OC(COCc2ccccc2)[C@@H](OCc2ccccc2)C(OCc2ccccc2)C1OCc1ccccc1. The average molecular weight is 617 g/mol. The molecule has 0 aromatic heterocycles. The van der Waals surface area contributed by atoms with Crippen LogP contribution in [0.2, 0.25) is 0 Å². The molecule has 1 aliphatic rings. The van der Waals surface area contributed by atoms with Gasteiger partial charge < -0.3 is 28.8 Å². The summed E-state index contributed by atoms with van der Waals surface area (Å²) in [6.07, 6.45) is -2.87. The van der Waals surface area contributed by atoms with Gasteiger partial charge >= 0.3 is 0 Å². The van der Waals surface area contributed by atoms with Crippen molar-refractivity contribution in [2.24, 2.45) is 0 Å². The summed E-state index contributed by atoms with van der Waals surface area (Å²) < 4.78 is 33.3. The fourth-order valence-electron chi connectivity index (χ4n) is 5.77. The molecule has 6 nitrogen and oxygen atoms in total. The molecule has 0 radical (unpaired) electrons. The van der Waals surface area contributed by atoms with Crippen LogP contribution in [0, 0.1) is 0 Å². The summed E-state index contributed by atoms with van der Waals surface area (Å²) in [7, 11) is 0. The van der Waals surface area contributed by atoms with Crippen LogP contribution in [0.4, 0.5) is 0 Å². The third kappa shape index (κ3) is 8.49. The van der Waals surface area contributed by atoms with E-state index in [2.05, 4.69) is 0 Å². The van der Waals surface area contributed by atoms with E-state index in [1.54, 1.807) is 12.1 Å². The van der Waals surface area contributed by atoms with E-state index in [0.29, 0.717) is 32.0 Å². The molecule has 1 heterocycles. The first-order valence-electron chi connectivity index (χ1n) is 15.8. The second-order valence-corrected chi connectivity index (χ2v) is 11.4. The first-order valence-corrected chi connectivity index (χ1v) is 15.8. The Bertz CT molecular complexity index is 1580. The predicted octanol–water partition coefficient (Wildman–Crippen LogP) is 7.81. The van der Waals surface area contributed by atoms with Crippen molar-refractivity contribution in [1.29, 1.82) is 0 Å². The Hall–Kier alpha value is -4.30. The molecule has 1 fully saturated rings. The Kier molecular flexibility index (Phi) is 11.2. The van der Waals surface area contributed by atoms with E-state index in [4.69, 9.17) is 23.7 Å². The highest BCUT2D eigenvalue weighted by Gasteiger charge is 2.49. The number of phenolic OH excluding ortho intramolecular Hbond substituents is 1. The molecule has 0 saturated carbocycles. The third-order valence-corrected chi connectivity index (χ3v) is 8.13. The van der Waals surface area contributed by atoms with Gasteiger partial charge in [0.15, 0.2) is 0 Å². The Labute approximate surface area is 271 Å². The predicted molar refractivity (Wildman–Crippen MR) is 177 cm³/mol. The maximum Gasteiger partial charge on any atom is 0.121 e. The van der Waals surface area contributed by atoms with E-state index in [9.17, 15) is 5.11 Å². The molecule has 0 bridgehead atoms. The molecule has 0 spiro atoms. The molecule has 0 amide bonds. The molecule has 3 unspecified atom stereocenters. The number of rotatable bonds is 14. The Morgan fingerprint density at radius 3 is 1.37 bits per heavy atom. The summed E-state index contributed by atoms with van der Waals surface area (Å²) in [5, 5.41) is 11.1. The van der Waals surface area contributed by atoms with E-state index < -0.39 is 30.5 Å². The highest BCUT2D eigenvalue weighted by Crippen LogP contribution is 2.41. The van der Waals surface area contributed by atoms with E-state index >= 15 is 0 Å². The van der Waals surface area contributed by atoms with Crippen LogP contribution in [0.15, 0.2) is 146 Å². The lowest BCUT2D eigenvalue weighted by Crippen LogP contribution is -2.58. The molecule has 236 valence electrons. The lowest BCUT2D eigenvalue weighted by Gasteiger charge is -2.46. The van der Waals surface area contributed by atoms with Crippen molar-refractivity contribution in [3.8, 4) is 5.75 Å². The molecule has 1 saturated heterocycles. The molecule has 5 aromatic carbocycles. The number of phenols is 1. The molecule has 0 aliphatic carbocycles. The third-order valence-electron chi connectivity index (χ3n) is 8.13. The molecule has 46 heavy (non-hydrogen) atoms. The second kappa shape index (κ2) is 16.3. The maximum atomic E-state index is 11.1. The van der Waals surface area contributed by atoms with Gasteiger partial charge in [0.25, 0.3) is 0 Å². The first kappa shape index (κ1) is 31.7. The minimum atomic E-state index is -0.646. The fourth-order valence-corrected chi connectivity index (χ4v) is 5.77. The Morgan fingerprint density at radius 2 is 0.870 bits per heavy atom. The molecule has 6 rings (SSSR count). The van der Waals surface area contributed by atoms with Crippen molar-refractivity contribution in [3.05, 3.63) is 173 Å². The van der Waals surface area contributed by atoms with Crippen molar-refractivity contribution < 1.29 is 28.8 Å². The highest BCUT2D eigenvalue weighted by molar-refractivity contribution is 5.35.